The molecule has 1 aromatic carbocycles. The Balaban J connectivity index is 1.74. The third-order valence-corrected chi connectivity index (χ3v) is 4.75. The van der Waals surface area contributed by atoms with Gasteiger partial charge in [-0.05, 0) is 36.3 Å². The molecule has 0 spiro atoms. The SMILES string of the molecule is CC1CC(C(C)C)CN(Cc2ccc3ccccc3n2)C1. The summed E-state index contributed by atoms with van der Waals surface area (Å²) in [6.45, 7) is 10.5. The molecule has 1 aromatic heterocycles. The molecular weight excluding hydrogens is 256 g/mol. The van der Waals surface area contributed by atoms with Crippen molar-refractivity contribution in [2.45, 2.75) is 33.7 Å². The standard InChI is InChI=1S/C19H26N2/c1-14(2)17-10-15(3)11-21(12-17)13-18-9-8-16-6-4-5-7-19(16)20-18/h4-9,14-15,17H,10-13H2,1-3H3. The zero-order valence-corrected chi connectivity index (χ0v) is 13.4. The fourth-order valence-electron chi connectivity index (χ4n) is 3.55. The number of piperidine rings is 1. The molecule has 2 unspecified atom stereocenters. The van der Waals surface area contributed by atoms with E-state index in [0.717, 1.165) is 29.8 Å². The quantitative estimate of drug-likeness (QED) is 0.832. The summed E-state index contributed by atoms with van der Waals surface area (Å²) >= 11 is 0. The van der Waals surface area contributed by atoms with Gasteiger partial charge in [0.25, 0.3) is 0 Å². The van der Waals surface area contributed by atoms with Crippen molar-refractivity contribution >= 4 is 10.9 Å². The van der Waals surface area contributed by atoms with E-state index in [0.29, 0.717) is 0 Å². The first-order valence-electron chi connectivity index (χ1n) is 8.19. The molecular formula is C19H26N2. The molecule has 2 heterocycles. The summed E-state index contributed by atoms with van der Waals surface area (Å²) in [5.74, 6) is 2.40. The lowest BCUT2D eigenvalue weighted by atomic mass is 9.83. The molecule has 2 atom stereocenters. The summed E-state index contributed by atoms with van der Waals surface area (Å²) in [6.07, 6.45) is 1.37. The molecule has 1 aliphatic rings. The minimum absolute atomic E-state index is 0.778. The maximum Gasteiger partial charge on any atom is 0.0705 e. The van der Waals surface area contributed by atoms with E-state index < -0.39 is 0 Å². The van der Waals surface area contributed by atoms with E-state index in [-0.39, 0.29) is 0 Å². The molecule has 1 fully saturated rings. The van der Waals surface area contributed by atoms with Crippen LogP contribution in [-0.4, -0.2) is 23.0 Å². The van der Waals surface area contributed by atoms with Crippen LogP contribution in [0.15, 0.2) is 36.4 Å². The molecule has 0 N–H and O–H groups in total. The molecule has 3 rings (SSSR count). The van der Waals surface area contributed by atoms with Gasteiger partial charge in [-0.25, -0.2) is 0 Å². The maximum absolute atomic E-state index is 4.82. The van der Waals surface area contributed by atoms with Crippen LogP contribution in [0.1, 0.15) is 32.9 Å². The molecule has 0 bridgehead atoms. The predicted molar refractivity (Wildman–Crippen MR) is 89.1 cm³/mol. The number of nitrogens with zero attached hydrogens (tertiary/aromatic N) is 2. The maximum atomic E-state index is 4.82. The molecule has 2 nitrogen and oxygen atoms in total. The highest BCUT2D eigenvalue weighted by molar-refractivity contribution is 5.78. The van der Waals surface area contributed by atoms with E-state index in [1.54, 1.807) is 0 Å². The molecule has 0 radical (unpaired) electrons. The topological polar surface area (TPSA) is 16.1 Å². The summed E-state index contributed by atoms with van der Waals surface area (Å²) < 4.78 is 0. The second-order valence-corrected chi connectivity index (χ2v) is 7.03. The van der Waals surface area contributed by atoms with Crippen LogP contribution in [-0.2, 0) is 6.54 Å². The van der Waals surface area contributed by atoms with Crippen molar-refractivity contribution in [1.29, 1.82) is 0 Å². The summed E-state index contributed by atoms with van der Waals surface area (Å²) in [6, 6.07) is 12.8. The number of hydrogen-bond donors (Lipinski definition) is 0. The zero-order chi connectivity index (χ0) is 14.8. The van der Waals surface area contributed by atoms with Gasteiger partial charge in [-0.1, -0.05) is 45.0 Å². The molecule has 0 aliphatic carbocycles. The van der Waals surface area contributed by atoms with Crippen LogP contribution >= 0.6 is 0 Å². The molecule has 0 amide bonds. The smallest absolute Gasteiger partial charge is 0.0705 e. The highest BCUT2D eigenvalue weighted by Gasteiger charge is 2.26. The van der Waals surface area contributed by atoms with E-state index in [2.05, 4.69) is 62.1 Å². The number of aromatic nitrogens is 1. The van der Waals surface area contributed by atoms with Crippen LogP contribution in [0, 0.1) is 17.8 Å². The first-order chi connectivity index (χ1) is 10.1. The van der Waals surface area contributed by atoms with Crippen molar-refractivity contribution in [2.75, 3.05) is 13.1 Å². The number of para-hydroxylation sites is 1. The van der Waals surface area contributed by atoms with E-state index in [4.69, 9.17) is 4.98 Å². The van der Waals surface area contributed by atoms with E-state index in [1.165, 1.54) is 30.6 Å². The molecule has 0 saturated carbocycles. The molecule has 2 aromatic rings. The second kappa shape index (κ2) is 6.15. The Morgan fingerprint density at radius 1 is 1.14 bits per heavy atom. The van der Waals surface area contributed by atoms with E-state index in [9.17, 15) is 0 Å². The van der Waals surface area contributed by atoms with Gasteiger partial charge in [0.05, 0.1) is 11.2 Å². The lowest BCUT2D eigenvalue weighted by molar-refractivity contribution is 0.100. The Bertz CT molecular complexity index is 605. The molecule has 1 aliphatic heterocycles. The van der Waals surface area contributed by atoms with Gasteiger partial charge in [0, 0.05) is 25.0 Å². The Morgan fingerprint density at radius 2 is 1.95 bits per heavy atom. The van der Waals surface area contributed by atoms with Crippen molar-refractivity contribution in [3.8, 4) is 0 Å². The number of likely N-dealkylation sites (tertiary alicyclic amines) is 1. The van der Waals surface area contributed by atoms with Crippen molar-refractivity contribution in [3.63, 3.8) is 0 Å². The van der Waals surface area contributed by atoms with Gasteiger partial charge in [0.2, 0.25) is 0 Å². The van der Waals surface area contributed by atoms with E-state index in [1.807, 2.05) is 0 Å². The van der Waals surface area contributed by atoms with Crippen molar-refractivity contribution in [1.82, 2.24) is 9.88 Å². The van der Waals surface area contributed by atoms with Gasteiger partial charge in [0.15, 0.2) is 0 Å². The molecule has 1 saturated heterocycles. The van der Waals surface area contributed by atoms with Crippen molar-refractivity contribution < 1.29 is 0 Å². The van der Waals surface area contributed by atoms with Crippen molar-refractivity contribution in [3.05, 3.63) is 42.1 Å². The first-order valence-corrected chi connectivity index (χ1v) is 8.19. The highest BCUT2D eigenvalue weighted by Crippen LogP contribution is 2.28. The summed E-state index contributed by atoms with van der Waals surface area (Å²) in [5, 5.41) is 1.23. The second-order valence-electron chi connectivity index (χ2n) is 7.03. The number of benzene rings is 1. The monoisotopic (exact) mass is 282 g/mol. The van der Waals surface area contributed by atoms with E-state index >= 15 is 0 Å². The number of rotatable bonds is 3. The lowest BCUT2D eigenvalue weighted by Crippen LogP contribution is -2.40. The third kappa shape index (κ3) is 3.44. The Labute approximate surface area is 128 Å². The average Bonchev–Trinajstić information content (AvgIpc) is 2.46. The van der Waals surface area contributed by atoms with Gasteiger partial charge >= 0.3 is 0 Å². The predicted octanol–water partition coefficient (Wildman–Crippen LogP) is 4.35. The Morgan fingerprint density at radius 3 is 2.76 bits per heavy atom. The summed E-state index contributed by atoms with van der Waals surface area (Å²) in [5.41, 5.74) is 2.31. The minimum atomic E-state index is 0.778. The van der Waals surface area contributed by atoms with Gasteiger partial charge < -0.3 is 0 Å². The van der Waals surface area contributed by atoms with Crippen LogP contribution in [0.3, 0.4) is 0 Å². The van der Waals surface area contributed by atoms with Crippen LogP contribution in [0.5, 0.6) is 0 Å². The van der Waals surface area contributed by atoms with Gasteiger partial charge in [-0.3, -0.25) is 9.88 Å². The zero-order valence-electron chi connectivity index (χ0n) is 13.4. The number of hydrogen-bond acceptors (Lipinski definition) is 2. The number of pyridine rings is 1. The third-order valence-electron chi connectivity index (χ3n) is 4.75. The molecule has 21 heavy (non-hydrogen) atoms. The minimum Gasteiger partial charge on any atom is -0.297 e. The summed E-state index contributed by atoms with van der Waals surface area (Å²) in [4.78, 5) is 7.42. The Hall–Kier alpha value is -1.41. The Kier molecular flexibility index (Phi) is 4.25. The van der Waals surface area contributed by atoms with Crippen LogP contribution in [0.25, 0.3) is 10.9 Å². The van der Waals surface area contributed by atoms with Gasteiger partial charge in [-0.15, -0.1) is 0 Å². The average molecular weight is 282 g/mol. The van der Waals surface area contributed by atoms with Crippen molar-refractivity contribution in [2.24, 2.45) is 17.8 Å². The molecule has 112 valence electrons. The summed E-state index contributed by atoms with van der Waals surface area (Å²) in [7, 11) is 0. The van der Waals surface area contributed by atoms with Gasteiger partial charge in [-0.2, -0.15) is 0 Å². The normalized spacial score (nSPS) is 23.8. The van der Waals surface area contributed by atoms with Crippen LogP contribution < -0.4 is 0 Å². The molecule has 2 heteroatoms. The van der Waals surface area contributed by atoms with Gasteiger partial charge in [0.1, 0.15) is 0 Å². The highest BCUT2D eigenvalue weighted by atomic mass is 15.1. The van der Waals surface area contributed by atoms with Crippen LogP contribution in [0.2, 0.25) is 0 Å². The largest absolute Gasteiger partial charge is 0.297 e. The number of fused-ring (bicyclic) bond motifs is 1. The van der Waals surface area contributed by atoms with Crippen LogP contribution in [0.4, 0.5) is 0 Å². The first kappa shape index (κ1) is 14.5. The fourth-order valence-corrected chi connectivity index (χ4v) is 3.55. The fraction of sp³-hybridized carbons (Fsp3) is 0.526. The lowest BCUT2D eigenvalue weighted by Gasteiger charge is -2.38.